The van der Waals surface area contributed by atoms with E-state index in [-0.39, 0.29) is 18.1 Å². The van der Waals surface area contributed by atoms with E-state index in [2.05, 4.69) is 5.32 Å². The number of carbonyl (C=O) groups is 2. The monoisotopic (exact) mass is 417 g/mol. The lowest BCUT2D eigenvalue weighted by atomic mass is 9.53. The zero-order valence-corrected chi connectivity index (χ0v) is 17.7. The average molecular weight is 418 g/mol. The molecular formula is C22H27NO3S2. The van der Waals surface area contributed by atoms with E-state index in [4.69, 9.17) is 4.74 Å². The van der Waals surface area contributed by atoms with Crippen molar-refractivity contribution in [1.82, 2.24) is 5.32 Å². The van der Waals surface area contributed by atoms with Crippen LogP contribution in [0.5, 0.6) is 0 Å². The minimum absolute atomic E-state index is 0.0312. The summed E-state index contributed by atoms with van der Waals surface area (Å²) in [5.74, 6) is 4.14. The van der Waals surface area contributed by atoms with Crippen molar-refractivity contribution in [1.29, 1.82) is 0 Å². The van der Waals surface area contributed by atoms with Crippen LogP contribution in [0.25, 0.3) is 0 Å². The van der Waals surface area contributed by atoms with Gasteiger partial charge in [0.2, 0.25) is 0 Å². The van der Waals surface area contributed by atoms with E-state index >= 15 is 0 Å². The molecule has 4 aliphatic carbocycles. The molecule has 6 heteroatoms. The number of hydrogen-bond donors (Lipinski definition) is 1. The summed E-state index contributed by atoms with van der Waals surface area (Å²) in [5.41, 5.74) is 1.72. The van der Waals surface area contributed by atoms with Crippen molar-refractivity contribution >= 4 is 35.4 Å². The molecule has 0 atom stereocenters. The molecule has 0 aromatic heterocycles. The number of benzene rings is 1. The first-order chi connectivity index (χ1) is 13.6. The van der Waals surface area contributed by atoms with Crippen LogP contribution in [0.3, 0.4) is 0 Å². The highest BCUT2D eigenvalue weighted by Gasteiger charge is 2.51. The molecule has 0 unspecified atom stereocenters. The van der Waals surface area contributed by atoms with Crippen LogP contribution in [0.15, 0.2) is 24.3 Å². The fourth-order valence-corrected chi connectivity index (χ4v) is 9.00. The molecule has 4 bridgehead atoms. The molecule has 1 aromatic carbocycles. The minimum Gasteiger partial charge on any atom is -0.452 e. The molecule has 4 saturated carbocycles. The largest absolute Gasteiger partial charge is 0.452 e. The third-order valence-electron chi connectivity index (χ3n) is 6.82. The van der Waals surface area contributed by atoms with Gasteiger partial charge in [0.25, 0.3) is 5.91 Å². The summed E-state index contributed by atoms with van der Waals surface area (Å²) in [6, 6.07) is 7.63. The van der Waals surface area contributed by atoms with Crippen molar-refractivity contribution in [3.63, 3.8) is 0 Å². The second-order valence-electron chi connectivity index (χ2n) is 9.02. The molecule has 0 spiro atoms. The summed E-state index contributed by atoms with van der Waals surface area (Å²) >= 11 is 3.89. The second-order valence-corrected chi connectivity index (χ2v) is 11.7. The fourth-order valence-electron chi connectivity index (χ4n) is 6.14. The predicted octanol–water partition coefficient (Wildman–Crippen LogP) is 4.41. The lowest BCUT2D eigenvalue weighted by Crippen LogP contribution is -2.60. The summed E-state index contributed by atoms with van der Waals surface area (Å²) < 4.78 is 5.78. The van der Waals surface area contributed by atoms with Gasteiger partial charge >= 0.3 is 5.97 Å². The van der Waals surface area contributed by atoms with Gasteiger partial charge in [0, 0.05) is 17.0 Å². The Hall–Kier alpha value is -1.14. The van der Waals surface area contributed by atoms with Crippen LogP contribution in [-0.4, -0.2) is 35.5 Å². The summed E-state index contributed by atoms with van der Waals surface area (Å²) in [6.45, 7) is -0.184. The smallest absolute Gasteiger partial charge is 0.338 e. The molecular weight excluding hydrogens is 390 g/mol. The van der Waals surface area contributed by atoms with Crippen LogP contribution in [0.1, 0.15) is 59.0 Å². The van der Waals surface area contributed by atoms with Gasteiger partial charge in [-0.25, -0.2) is 4.79 Å². The number of hydrogen-bond acceptors (Lipinski definition) is 5. The summed E-state index contributed by atoms with van der Waals surface area (Å²) in [4.78, 5) is 24.8. The number of rotatable bonds is 5. The van der Waals surface area contributed by atoms with Gasteiger partial charge in [-0.05, 0) is 74.0 Å². The molecule has 1 aliphatic heterocycles. The molecule has 5 aliphatic rings. The highest BCUT2D eigenvalue weighted by molar-refractivity contribution is 8.19. The van der Waals surface area contributed by atoms with Crippen molar-refractivity contribution in [2.24, 2.45) is 17.8 Å². The average Bonchev–Trinajstić information content (AvgIpc) is 3.19. The SMILES string of the molecule is O=C(COC(=O)c1ccc(C2SCCS2)cc1)NC12CC3CC(CC(C3)C1)C2. The van der Waals surface area contributed by atoms with Gasteiger partial charge in [-0.3, -0.25) is 4.79 Å². The van der Waals surface area contributed by atoms with E-state index in [1.54, 1.807) is 0 Å². The molecule has 0 radical (unpaired) electrons. The molecule has 6 rings (SSSR count). The third-order valence-corrected chi connectivity index (χ3v) is 9.92. The van der Waals surface area contributed by atoms with Crippen molar-refractivity contribution in [2.45, 2.75) is 48.6 Å². The zero-order chi connectivity index (χ0) is 19.1. The Kier molecular flexibility index (Phi) is 5.12. The quantitative estimate of drug-likeness (QED) is 0.720. The van der Waals surface area contributed by atoms with Crippen LogP contribution in [0.2, 0.25) is 0 Å². The van der Waals surface area contributed by atoms with Gasteiger partial charge in [0.05, 0.1) is 10.1 Å². The predicted molar refractivity (Wildman–Crippen MR) is 113 cm³/mol. The minimum atomic E-state index is -0.418. The maximum absolute atomic E-state index is 12.5. The first-order valence-corrected chi connectivity index (χ1v) is 12.5. The highest BCUT2D eigenvalue weighted by atomic mass is 32.2. The van der Waals surface area contributed by atoms with E-state index in [0.29, 0.717) is 10.1 Å². The van der Waals surface area contributed by atoms with Crippen molar-refractivity contribution in [3.05, 3.63) is 35.4 Å². The van der Waals surface area contributed by atoms with Crippen LogP contribution in [0.4, 0.5) is 0 Å². The summed E-state index contributed by atoms with van der Waals surface area (Å²) in [7, 11) is 0. The van der Waals surface area contributed by atoms with Crippen LogP contribution in [-0.2, 0) is 9.53 Å². The standard InChI is InChI=1S/C22H27NO3S2/c24-19(23-22-10-14-7-15(11-22)9-16(8-14)12-22)13-26-20(25)17-1-3-18(4-2-17)21-27-5-6-28-21/h1-4,14-16,21H,5-13H2,(H,23,24). The molecule has 4 nitrogen and oxygen atoms in total. The van der Waals surface area contributed by atoms with Crippen molar-refractivity contribution in [2.75, 3.05) is 18.1 Å². The van der Waals surface area contributed by atoms with Crippen LogP contribution < -0.4 is 5.32 Å². The second kappa shape index (κ2) is 7.60. The number of ether oxygens (including phenoxy) is 1. The van der Waals surface area contributed by atoms with Gasteiger partial charge in [-0.2, -0.15) is 0 Å². The topological polar surface area (TPSA) is 55.4 Å². The van der Waals surface area contributed by atoms with Crippen molar-refractivity contribution < 1.29 is 14.3 Å². The number of esters is 1. The Labute approximate surface area is 174 Å². The maximum Gasteiger partial charge on any atom is 0.338 e. The Balaban J connectivity index is 1.14. The molecule has 1 amide bonds. The van der Waals surface area contributed by atoms with Gasteiger partial charge in [0.15, 0.2) is 6.61 Å². The Bertz CT molecular complexity index is 722. The van der Waals surface area contributed by atoms with Crippen LogP contribution in [0, 0.1) is 17.8 Å². The molecule has 5 fully saturated rings. The number of amides is 1. The zero-order valence-electron chi connectivity index (χ0n) is 16.0. The Morgan fingerprint density at radius 1 is 0.964 bits per heavy atom. The van der Waals surface area contributed by atoms with E-state index in [1.165, 1.54) is 36.3 Å². The van der Waals surface area contributed by atoms with Crippen LogP contribution >= 0.6 is 23.5 Å². The third kappa shape index (κ3) is 3.82. The van der Waals surface area contributed by atoms with E-state index in [9.17, 15) is 9.59 Å². The summed E-state index contributed by atoms with van der Waals surface area (Å²) in [6.07, 6.45) is 7.36. The Morgan fingerprint density at radius 3 is 2.11 bits per heavy atom. The van der Waals surface area contributed by atoms with Gasteiger partial charge in [-0.15, -0.1) is 23.5 Å². The van der Waals surface area contributed by atoms with E-state index in [1.807, 2.05) is 47.8 Å². The van der Waals surface area contributed by atoms with Gasteiger partial charge < -0.3 is 10.1 Å². The van der Waals surface area contributed by atoms with Gasteiger partial charge in [0.1, 0.15) is 0 Å². The Morgan fingerprint density at radius 2 is 1.54 bits per heavy atom. The summed E-state index contributed by atoms with van der Waals surface area (Å²) in [5, 5.41) is 3.26. The number of nitrogens with one attached hydrogen (secondary N) is 1. The molecule has 1 aromatic rings. The van der Waals surface area contributed by atoms with Crippen molar-refractivity contribution in [3.8, 4) is 0 Å². The molecule has 1 heterocycles. The lowest BCUT2D eigenvalue weighted by molar-refractivity contribution is -0.130. The van der Waals surface area contributed by atoms with E-state index < -0.39 is 5.97 Å². The molecule has 1 saturated heterocycles. The van der Waals surface area contributed by atoms with Gasteiger partial charge in [-0.1, -0.05) is 12.1 Å². The first-order valence-electron chi connectivity index (χ1n) is 10.4. The molecule has 150 valence electrons. The number of thioether (sulfide) groups is 2. The van der Waals surface area contributed by atoms with E-state index in [0.717, 1.165) is 37.0 Å². The maximum atomic E-state index is 12.5. The fraction of sp³-hybridized carbons (Fsp3) is 0.636. The number of carbonyl (C=O) groups excluding carboxylic acids is 2. The first kappa shape index (κ1) is 18.9. The molecule has 1 N–H and O–H groups in total. The lowest BCUT2D eigenvalue weighted by Gasteiger charge is -2.56. The normalized spacial score (nSPS) is 33.8. The molecule has 28 heavy (non-hydrogen) atoms. The highest BCUT2D eigenvalue weighted by Crippen LogP contribution is 2.55.